The Morgan fingerprint density at radius 1 is 1.14 bits per heavy atom. The Kier molecular flexibility index (Phi) is 6.53. The highest BCUT2D eigenvalue weighted by Gasteiger charge is 2.57. The number of benzene rings is 1. The van der Waals surface area contributed by atoms with Gasteiger partial charge in [-0.3, -0.25) is 4.79 Å². The number of hydrogen-bond donors (Lipinski definition) is 2. The maximum atomic E-state index is 13.6. The monoisotopic (exact) mass is 487 g/mol. The van der Waals surface area contributed by atoms with Gasteiger partial charge in [-0.2, -0.15) is 13.2 Å². The van der Waals surface area contributed by atoms with Crippen molar-refractivity contribution in [2.75, 3.05) is 6.54 Å². The molecule has 3 heterocycles. The van der Waals surface area contributed by atoms with Gasteiger partial charge in [0.05, 0.1) is 5.69 Å². The third kappa shape index (κ3) is 5.14. The second kappa shape index (κ2) is 9.41. The number of aromatic nitrogens is 4. The van der Waals surface area contributed by atoms with E-state index in [0.29, 0.717) is 5.75 Å². The highest BCUT2D eigenvalue weighted by molar-refractivity contribution is 5.94. The van der Waals surface area contributed by atoms with Gasteiger partial charge >= 0.3 is 6.18 Å². The number of pyridine rings is 1. The van der Waals surface area contributed by atoms with E-state index in [2.05, 4.69) is 15.3 Å². The Hall–Kier alpha value is -3.86. The Labute approximate surface area is 199 Å². The number of imidazole rings is 2. The molecule has 1 unspecified atom stereocenters. The molecule has 11 heteroatoms. The van der Waals surface area contributed by atoms with E-state index in [4.69, 9.17) is 4.74 Å². The van der Waals surface area contributed by atoms with Crippen LogP contribution in [0.5, 0.6) is 5.75 Å². The summed E-state index contributed by atoms with van der Waals surface area (Å²) in [6.07, 6.45) is 0.569. The molecule has 1 atom stereocenters. The molecule has 0 aliphatic heterocycles. The first-order chi connectivity index (χ1) is 16.6. The summed E-state index contributed by atoms with van der Waals surface area (Å²) in [6.45, 7) is 1.81. The zero-order valence-electron chi connectivity index (χ0n) is 19.1. The minimum Gasteiger partial charge on any atom is -0.487 e. The van der Waals surface area contributed by atoms with Gasteiger partial charge in [-0.05, 0) is 42.8 Å². The van der Waals surface area contributed by atoms with E-state index >= 15 is 0 Å². The topological polar surface area (TPSA) is 93.7 Å². The van der Waals surface area contributed by atoms with Crippen LogP contribution in [-0.2, 0) is 19.3 Å². The zero-order valence-corrected chi connectivity index (χ0v) is 19.1. The van der Waals surface area contributed by atoms with Crippen molar-refractivity contribution in [3.05, 3.63) is 83.8 Å². The molecular formula is C24H24F3N5O3. The molecule has 4 aromatic rings. The van der Waals surface area contributed by atoms with Crippen LogP contribution >= 0.6 is 0 Å². The Morgan fingerprint density at radius 2 is 1.89 bits per heavy atom. The van der Waals surface area contributed by atoms with Gasteiger partial charge in [0.2, 0.25) is 5.60 Å². The van der Waals surface area contributed by atoms with Crippen LogP contribution in [-0.4, -0.2) is 42.7 Å². The van der Waals surface area contributed by atoms with Gasteiger partial charge in [0, 0.05) is 50.4 Å². The van der Waals surface area contributed by atoms with Crippen molar-refractivity contribution in [2.45, 2.75) is 31.7 Å². The van der Waals surface area contributed by atoms with E-state index in [-0.39, 0.29) is 12.2 Å². The number of rotatable bonds is 8. The van der Waals surface area contributed by atoms with Crippen molar-refractivity contribution in [3.63, 3.8) is 0 Å². The van der Waals surface area contributed by atoms with Crippen LogP contribution in [0.3, 0.4) is 0 Å². The highest BCUT2D eigenvalue weighted by atomic mass is 19.4. The summed E-state index contributed by atoms with van der Waals surface area (Å²) < 4.78 is 49.5. The summed E-state index contributed by atoms with van der Waals surface area (Å²) >= 11 is 0. The van der Waals surface area contributed by atoms with Crippen molar-refractivity contribution >= 4 is 11.6 Å². The molecule has 0 radical (unpaired) electrons. The van der Waals surface area contributed by atoms with Gasteiger partial charge in [0.1, 0.15) is 23.8 Å². The number of carbonyl (C=O) groups is 1. The SMILES string of the molecule is Cc1ccc2nc(COc3ccc(C(=O)NCCC(O)(c4nccn4C)C(F)(F)F)cc3)cn2c1. The molecule has 8 nitrogen and oxygen atoms in total. The van der Waals surface area contributed by atoms with Crippen molar-refractivity contribution in [3.8, 4) is 5.75 Å². The van der Waals surface area contributed by atoms with Gasteiger partial charge in [-0.1, -0.05) is 6.07 Å². The molecule has 0 saturated carbocycles. The molecule has 1 amide bonds. The number of hydrogen-bond acceptors (Lipinski definition) is 5. The van der Waals surface area contributed by atoms with Crippen LogP contribution in [0.25, 0.3) is 5.65 Å². The smallest absolute Gasteiger partial charge is 0.424 e. The van der Waals surface area contributed by atoms with Crippen LogP contribution in [0.15, 0.2) is 61.2 Å². The summed E-state index contributed by atoms with van der Waals surface area (Å²) in [5.41, 5.74) is -0.291. The van der Waals surface area contributed by atoms with E-state index in [1.807, 2.05) is 35.9 Å². The Bertz CT molecular complexity index is 1330. The van der Waals surface area contributed by atoms with Crippen molar-refractivity contribution in [2.24, 2.45) is 7.05 Å². The zero-order chi connectivity index (χ0) is 25.2. The number of amides is 1. The lowest BCUT2D eigenvalue weighted by Gasteiger charge is -2.30. The van der Waals surface area contributed by atoms with Gasteiger partial charge in [0.25, 0.3) is 5.91 Å². The normalized spacial score (nSPS) is 13.5. The number of aryl methyl sites for hydroxylation is 2. The molecule has 0 aliphatic rings. The van der Waals surface area contributed by atoms with E-state index in [1.165, 1.54) is 31.6 Å². The standard InChI is InChI=1S/C24H24F3N5O3/c1-16-3-8-20-30-18(14-32(20)13-16)15-35-19-6-4-17(5-7-19)21(33)28-10-9-23(34,24(25,26)27)22-29-11-12-31(22)2/h3-8,11-14,34H,9-10,15H2,1-2H3,(H,28,33). The molecule has 3 aromatic heterocycles. The third-order valence-corrected chi connectivity index (χ3v) is 5.58. The molecule has 1 aromatic carbocycles. The first kappa shape index (κ1) is 24.3. The molecule has 0 aliphatic carbocycles. The van der Waals surface area contributed by atoms with Crippen LogP contribution in [0.1, 0.15) is 33.9 Å². The van der Waals surface area contributed by atoms with E-state index < -0.39 is 36.5 Å². The summed E-state index contributed by atoms with van der Waals surface area (Å²) in [6, 6.07) is 10.1. The van der Waals surface area contributed by atoms with Crippen molar-refractivity contribution < 1.29 is 27.8 Å². The van der Waals surface area contributed by atoms with Crippen LogP contribution in [0.4, 0.5) is 13.2 Å². The third-order valence-electron chi connectivity index (χ3n) is 5.58. The molecule has 0 fully saturated rings. The first-order valence-electron chi connectivity index (χ1n) is 10.8. The van der Waals surface area contributed by atoms with E-state index in [0.717, 1.165) is 21.5 Å². The number of alkyl halides is 3. The number of halogens is 3. The number of carbonyl (C=O) groups excluding carboxylic acids is 1. The summed E-state index contributed by atoms with van der Waals surface area (Å²) in [5, 5.41) is 12.8. The number of nitrogens with zero attached hydrogens (tertiary/aromatic N) is 4. The van der Waals surface area contributed by atoms with Crippen molar-refractivity contribution in [1.82, 2.24) is 24.3 Å². The fraction of sp³-hybridized carbons (Fsp3) is 0.292. The molecule has 0 saturated heterocycles. The largest absolute Gasteiger partial charge is 0.487 e. The van der Waals surface area contributed by atoms with Crippen LogP contribution in [0, 0.1) is 6.92 Å². The summed E-state index contributed by atoms with van der Waals surface area (Å²) in [4.78, 5) is 20.5. The van der Waals surface area contributed by atoms with Gasteiger partial charge in [-0.25, -0.2) is 9.97 Å². The molecule has 184 valence electrons. The van der Waals surface area contributed by atoms with Gasteiger partial charge in [0.15, 0.2) is 0 Å². The molecule has 4 rings (SSSR count). The minimum absolute atomic E-state index is 0.232. The number of fused-ring (bicyclic) bond motifs is 1. The summed E-state index contributed by atoms with van der Waals surface area (Å²) in [7, 11) is 1.36. The lowest BCUT2D eigenvalue weighted by Crippen LogP contribution is -2.46. The predicted molar refractivity (Wildman–Crippen MR) is 121 cm³/mol. The average molecular weight is 487 g/mol. The van der Waals surface area contributed by atoms with Crippen LogP contribution in [0.2, 0.25) is 0 Å². The van der Waals surface area contributed by atoms with E-state index in [1.54, 1.807) is 12.1 Å². The molecule has 0 bridgehead atoms. The fourth-order valence-electron chi connectivity index (χ4n) is 3.69. The van der Waals surface area contributed by atoms with Gasteiger partial charge < -0.3 is 24.1 Å². The second-order valence-electron chi connectivity index (χ2n) is 8.24. The maximum Gasteiger partial charge on any atom is 0.424 e. The molecular weight excluding hydrogens is 463 g/mol. The molecule has 0 spiro atoms. The minimum atomic E-state index is -4.96. The predicted octanol–water partition coefficient (Wildman–Crippen LogP) is 3.53. The number of nitrogens with one attached hydrogen (secondary N) is 1. The van der Waals surface area contributed by atoms with Crippen LogP contribution < -0.4 is 10.1 Å². The van der Waals surface area contributed by atoms with Gasteiger partial charge in [-0.15, -0.1) is 0 Å². The maximum absolute atomic E-state index is 13.6. The number of aliphatic hydroxyl groups is 1. The van der Waals surface area contributed by atoms with Crippen molar-refractivity contribution in [1.29, 1.82) is 0 Å². The average Bonchev–Trinajstić information content (AvgIpc) is 3.42. The lowest BCUT2D eigenvalue weighted by atomic mass is 9.97. The first-order valence-corrected chi connectivity index (χ1v) is 10.8. The quantitative estimate of drug-likeness (QED) is 0.397. The Morgan fingerprint density at radius 3 is 2.54 bits per heavy atom. The highest BCUT2D eigenvalue weighted by Crippen LogP contribution is 2.40. The second-order valence-corrected chi connectivity index (χ2v) is 8.24. The molecule has 2 N–H and O–H groups in total. The lowest BCUT2D eigenvalue weighted by molar-refractivity contribution is -0.272. The van der Waals surface area contributed by atoms with E-state index in [9.17, 15) is 23.1 Å². The summed E-state index contributed by atoms with van der Waals surface area (Å²) in [5.74, 6) is -0.603. The number of ether oxygens (including phenoxy) is 1. The molecule has 35 heavy (non-hydrogen) atoms. The Balaban J connectivity index is 1.33. The fourth-order valence-corrected chi connectivity index (χ4v) is 3.69.